The molecule has 1 aliphatic heterocycles. The first kappa shape index (κ1) is 20.5. The van der Waals surface area contributed by atoms with Crippen LogP contribution in [0.15, 0.2) is 60.0 Å². The Morgan fingerprint density at radius 3 is 2.38 bits per heavy atom. The molecule has 2 heterocycles. The monoisotopic (exact) mass is 407 g/mol. The molecule has 0 fully saturated rings. The molecular formula is C23H21NO4S. The van der Waals surface area contributed by atoms with E-state index in [2.05, 4.69) is 0 Å². The Morgan fingerprint density at radius 1 is 1.07 bits per heavy atom. The average molecular weight is 407 g/mol. The number of benzene rings is 2. The van der Waals surface area contributed by atoms with Crippen molar-refractivity contribution in [1.29, 1.82) is 0 Å². The number of aromatic carboxylic acids is 1. The van der Waals surface area contributed by atoms with Crippen molar-refractivity contribution in [2.24, 2.45) is 0 Å². The molecule has 5 nitrogen and oxygen atoms in total. The Hall–Kier alpha value is -3.25. The van der Waals surface area contributed by atoms with Gasteiger partial charge in [0.1, 0.15) is 0 Å². The van der Waals surface area contributed by atoms with Crippen molar-refractivity contribution < 1.29 is 19.4 Å². The SMILES string of the molecule is CC.O=C(Cc1csc(-c2ccccc2)c1C(=O)O)C1=[N+]([O-])c2ccccc2C1. The number of para-hydroxylation sites is 1. The number of hydrogen-bond donors (Lipinski definition) is 1. The van der Waals surface area contributed by atoms with Crippen LogP contribution in [0.2, 0.25) is 0 Å². The molecule has 0 bridgehead atoms. The van der Waals surface area contributed by atoms with Gasteiger partial charge in [-0.25, -0.2) is 4.79 Å². The first-order valence-electron chi connectivity index (χ1n) is 9.39. The molecule has 0 saturated heterocycles. The van der Waals surface area contributed by atoms with Gasteiger partial charge in [0, 0.05) is 22.9 Å². The second-order valence-electron chi connectivity index (χ2n) is 6.28. The van der Waals surface area contributed by atoms with Crippen molar-refractivity contribution in [3.05, 3.63) is 81.9 Å². The third-order valence-corrected chi connectivity index (χ3v) is 5.68. The number of ketones is 1. The number of hydrogen-bond acceptors (Lipinski definition) is 4. The van der Waals surface area contributed by atoms with Gasteiger partial charge in [-0.1, -0.05) is 62.4 Å². The minimum atomic E-state index is -1.07. The van der Waals surface area contributed by atoms with Gasteiger partial charge in [0.25, 0.3) is 0 Å². The minimum Gasteiger partial charge on any atom is -0.618 e. The van der Waals surface area contributed by atoms with Gasteiger partial charge in [-0.3, -0.25) is 4.79 Å². The van der Waals surface area contributed by atoms with Gasteiger partial charge in [0.15, 0.2) is 0 Å². The number of carboxylic acids is 1. The molecule has 0 amide bonds. The number of thiophene rings is 1. The lowest BCUT2D eigenvalue weighted by Gasteiger charge is -2.04. The predicted molar refractivity (Wildman–Crippen MR) is 115 cm³/mol. The molecule has 0 aliphatic carbocycles. The molecule has 0 spiro atoms. The number of carbonyl (C=O) groups excluding carboxylic acids is 1. The van der Waals surface area contributed by atoms with Crippen molar-refractivity contribution in [1.82, 2.24) is 0 Å². The molecule has 1 N–H and O–H groups in total. The molecule has 0 atom stereocenters. The zero-order chi connectivity index (χ0) is 21.0. The fourth-order valence-corrected chi connectivity index (χ4v) is 4.37. The zero-order valence-electron chi connectivity index (χ0n) is 16.2. The lowest BCUT2D eigenvalue weighted by atomic mass is 9.99. The smallest absolute Gasteiger partial charge is 0.337 e. The van der Waals surface area contributed by atoms with E-state index in [-0.39, 0.29) is 29.9 Å². The van der Waals surface area contributed by atoms with E-state index in [1.165, 1.54) is 11.3 Å². The maximum atomic E-state index is 12.7. The summed E-state index contributed by atoms with van der Waals surface area (Å²) in [6, 6.07) is 16.3. The molecule has 2 aromatic carbocycles. The van der Waals surface area contributed by atoms with Gasteiger partial charge in [-0.05, 0) is 16.5 Å². The van der Waals surface area contributed by atoms with Crippen LogP contribution in [-0.4, -0.2) is 27.3 Å². The number of nitrogens with zero attached hydrogens (tertiary/aromatic N) is 1. The zero-order valence-corrected chi connectivity index (χ0v) is 17.0. The minimum absolute atomic E-state index is 0.104. The summed E-state index contributed by atoms with van der Waals surface area (Å²) in [6.45, 7) is 4.00. The van der Waals surface area contributed by atoms with Crippen molar-refractivity contribution in [2.75, 3.05) is 0 Å². The summed E-state index contributed by atoms with van der Waals surface area (Å²) < 4.78 is 0.669. The molecule has 3 aromatic rings. The molecule has 0 saturated carbocycles. The van der Waals surface area contributed by atoms with Crippen LogP contribution >= 0.6 is 11.3 Å². The van der Waals surface area contributed by atoms with Crippen molar-refractivity contribution >= 4 is 34.5 Å². The summed E-state index contributed by atoms with van der Waals surface area (Å²) in [5.41, 5.74) is 2.81. The number of fused-ring (bicyclic) bond motifs is 1. The topological polar surface area (TPSA) is 80.4 Å². The lowest BCUT2D eigenvalue weighted by molar-refractivity contribution is -0.356. The van der Waals surface area contributed by atoms with Gasteiger partial charge < -0.3 is 10.3 Å². The summed E-state index contributed by atoms with van der Waals surface area (Å²) in [7, 11) is 0. The Morgan fingerprint density at radius 2 is 1.72 bits per heavy atom. The van der Waals surface area contributed by atoms with Crippen molar-refractivity contribution in [2.45, 2.75) is 26.7 Å². The molecule has 1 aromatic heterocycles. The van der Waals surface area contributed by atoms with Crippen LogP contribution in [0.1, 0.15) is 35.3 Å². The van der Waals surface area contributed by atoms with Gasteiger partial charge in [-0.15, -0.1) is 11.3 Å². The highest BCUT2D eigenvalue weighted by atomic mass is 32.1. The highest BCUT2D eigenvalue weighted by Gasteiger charge is 2.32. The predicted octanol–water partition coefficient (Wildman–Crippen LogP) is 5.09. The maximum Gasteiger partial charge on any atom is 0.337 e. The van der Waals surface area contributed by atoms with Crippen LogP contribution in [0.3, 0.4) is 0 Å². The second-order valence-corrected chi connectivity index (χ2v) is 7.16. The largest absolute Gasteiger partial charge is 0.618 e. The van der Waals surface area contributed by atoms with Crippen LogP contribution in [0.4, 0.5) is 5.69 Å². The van der Waals surface area contributed by atoms with Gasteiger partial charge >= 0.3 is 5.97 Å². The quantitative estimate of drug-likeness (QED) is 0.472. The molecule has 6 heteroatoms. The molecule has 0 unspecified atom stereocenters. The highest BCUT2D eigenvalue weighted by molar-refractivity contribution is 7.14. The normalized spacial score (nSPS) is 12.2. The van der Waals surface area contributed by atoms with E-state index < -0.39 is 5.97 Å². The first-order chi connectivity index (χ1) is 14.1. The third-order valence-electron chi connectivity index (χ3n) is 4.60. The molecule has 29 heavy (non-hydrogen) atoms. The summed E-state index contributed by atoms with van der Waals surface area (Å²) in [6.07, 6.45) is 0.170. The number of carbonyl (C=O) groups is 2. The lowest BCUT2D eigenvalue weighted by Crippen LogP contribution is -2.22. The van der Waals surface area contributed by atoms with E-state index in [1.54, 1.807) is 17.5 Å². The number of carboxylic acid groups (broad SMARTS) is 1. The van der Waals surface area contributed by atoms with Gasteiger partial charge in [-0.2, -0.15) is 4.74 Å². The van der Waals surface area contributed by atoms with Crippen LogP contribution in [0.5, 0.6) is 0 Å². The standard InChI is InChI=1S/C21H15NO4S.C2H6/c23-18(17-10-14-8-4-5-9-16(14)22(17)26)11-15-12-27-20(19(15)21(24)25)13-6-2-1-3-7-13;1-2/h1-9,12H,10-11H2,(H,24,25);1-2H3. The molecule has 4 rings (SSSR count). The van der Waals surface area contributed by atoms with Gasteiger partial charge in [0.05, 0.1) is 12.0 Å². The number of Topliss-reactive ketones (excluding diaryl/α,β-unsaturated/α-hetero) is 1. The van der Waals surface area contributed by atoms with E-state index in [4.69, 9.17) is 0 Å². The maximum absolute atomic E-state index is 12.7. The third kappa shape index (κ3) is 3.98. The van der Waals surface area contributed by atoms with Crippen LogP contribution in [0, 0.1) is 5.21 Å². The Kier molecular flexibility index (Phi) is 6.24. The summed E-state index contributed by atoms with van der Waals surface area (Å²) in [4.78, 5) is 25.2. The molecular weight excluding hydrogens is 386 g/mol. The van der Waals surface area contributed by atoms with Crippen molar-refractivity contribution in [3.63, 3.8) is 0 Å². The first-order valence-corrected chi connectivity index (χ1v) is 10.3. The van der Waals surface area contributed by atoms with Crippen LogP contribution < -0.4 is 0 Å². The second kappa shape index (κ2) is 8.84. The fourth-order valence-electron chi connectivity index (χ4n) is 3.30. The highest BCUT2D eigenvalue weighted by Crippen LogP contribution is 2.34. The van der Waals surface area contributed by atoms with E-state index in [9.17, 15) is 19.9 Å². The van der Waals surface area contributed by atoms with Crippen LogP contribution in [0.25, 0.3) is 10.4 Å². The Bertz CT molecular complexity index is 1080. The average Bonchev–Trinajstić information content (AvgIpc) is 3.32. The molecule has 148 valence electrons. The Balaban J connectivity index is 0.00000117. The Labute approximate surface area is 173 Å². The summed E-state index contributed by atoms with van der Waals surface area (Å²) in [5.74, 6) is -1.42. The van der Waals surface area contributed by atoms with E-state index in [0.717, 1.165) is 11.1 Å². The van der Waals surface area contributed by atoms with E-state index in [0.29, 0.717) is 20.9 Å². The van der Waals surface area contributed by atoms with Crippen molar-refractivity contribution in [3.8, 4) is 10.4 Å². The number of rotatable bonds is 5. The molecule has 1 aliphatic rings. The van der Waals surface area contributed by atoms with Crippen LogP contribution in [-0.2, 0) is 17.6 Å². The van der Waals surface area contributed by atoms with E-state index >= 15 is 0 Å². The summed E-state index contributed by atoms with van der Waals surface area (Å²) >= 11 is 1.30. The summed E-state index contributed by atoms with van der Waals surface area (Å²) in [5, 5.41) is 23.8. The molecule has 0 radical (unpaired) electrons. The van der Waals surface area contributed by atoms with E-state index in [1.807, 2.05) is 56.3 Å². The van der Waals surface area contributed by atoms with Gasteiger partial charge in [0.2, 0.25) is 17.2 Å². The fraction of sp³-hybridized carbons (Fsp3) is 0.174.